The Morgan fingerprint density at radius 1 is 1.14 bits per heavy atom. The van der Waals surface area contributed by atoms with E-state index < -0.39 is 6.04 Å². The molecule has 4 aliphatic rings. The molecule has 3 heterocycles. The van der Waals surface area contributed by atoms with E-state index in [4.69, 9.17) is 4.42 Å². The molecule has 9 heteroatoms. The molecule has 9 nitrogen and oxygen atoms in total. The van der Waals surface area contributed by atoms with Crippen molar-refractivity contribution in [2.45, 2.75) is 51.5 Å². The van der Waals surface area contributed by atoms with Crippen molar-refractivity contribution in [3.63, 3.8) is 0 Å². The molecule has 4 rings (SSSR count). The maximum atomic E-state index is 13.5. The van der Waals surface area contributed by atoms with Crippen molar-refractivity contribution in [3.8, 4) is 23.3 Å². The molecule has 35 heavy (non-hydrogen) atoms. The van der Waals surface area contributed by atoms with Gasteiger partial charge in [0.05, 0.1) is 24.8 Å². The van der Waals surface area contributed by atoms with Crippen molar-refractivity contribution in [2.75, 3.05) is 31.5 Å². The number of fused-ring (bicyclic) bond motifs is 1. The highest BCUT2D eigenvalue weighted by molar-refractivity contribution is 5.88. The van der Waals surface area contributed by atoms with Crippen LogP contribution < -0.4 is 10.6 Å². The zero-order chi connectivity index (χ0) is 24.8. The number of nitrogens with one attached hydrogen (secondary N) is 2. The number of nitriles is 2. The smallest absolute Gasteiger partial charge is 0.245 e. The largest absolute Gasteiger partial charge is 0.472 e. The minimum Gasteiger partial charge on any atom is -0.472 e. The summed E-state index contributed by atoms with van der Waals surface area (Å²) in [5.74, 6) is -0.0195. The lowest BCUT2D eigenvalue weighted by atomic mass is 10.0. The fourth-order valence-electron chi connectivity index (χ4n) is 4.81. The zero-order valence-electron chi connectivity index (χ0n) is 20.0. The van der Waals surface area contributed by atoms with E-state index in [9.17, 15) is 20.1 Å². The molecule has 2 N–H and O–H groups in total. The molecule has 1 atom stereocenters. The number of hydrogen-bond acceptors (Lipinski definition) is 7. The third-order valence-electron chi connectivity index (χ3n) is 6.71. The molecular formula is C26H30N6O3. The first kappa shape index (κ1) is 24.2. The molecule has 1 aliphatic carbocycles. The highest BCUT2D eigenvalue weighted by Gasteiger charge is 2.30. The van der Waals surface area contributed by atoms with Crippen molar-refractivity contribution < 1.29 is 14.0 Å². The predicted octanol–water partition coefficient (Wildman–Crippen LogP) is 3.35. The molecule has 0 aromatic carbocycles. The van der Waals surface area contributed by atoms with Crippen molar-refractivity contribution in [3.05, 3.63) is 41.6 Å². The molecule has 0 radical (unpaired) electrons. The van der Waals surface area contributed by atoms with Crippen LogP contribution in [0, 0.1) is 29.6 Å². The van der Waals surface area contributed by atoms with E-state index in [0.29, 0.717) is 13.0 Å². The van der Waals surface area contributed by atoms with Gasteiger partial charge in [0.1, 0.15) is 24.0 Å². The number of carbonyl (C=O) groups excluding carboxylic acids is 2. The number of hydrogen-bond donors (Lipinski definition) is 2. The van der Waals surface area contributed by atoms with Crippen LogP contribution in [0.1, 0.15) is 44.1 Å². The predicted molar refractivity (Wildman–Crippen MR) is 130 cm³/mol. The molecule has 2 amide bonds. The van der Waals surface area contributed by atoms with Gasteiger partial charge in [0.15, 0.2) is 5.57 Å². The molecule has 182 valence electrons. The Morgan fingerprint density at radius 2 is 1.89 bits per heavy atom. The van der Waals surface area contributed by atoms with Crippen LogP contribution in [-0.4, -0.2) is 53.8 Å². The highest BCUT2D eigenvalue weighted by Crippen LogP contribution is 2.36. The van der Waals surface area contributed by atoms with Crippen LogP contribution in [0.4, 0.5) is 5.69 Å². The topological polar surface area (TPSA) is 125 Å². The van der Waals surface area contributed by atoms with Gasteiger partial charge < -0.3 is 24.9 Å². The van der Waals surface area contributed by atoms with Gasteiger partial charge in [-0.05, 0) is 50.3 Å². The first-order chi connectivity index (χ1) is 17.0. The number of nitrogens with zero attached hydrogens (tertiary/aromatic N) is 4. The molecule has 0 aromatic rings. The maximum Gasteiger partial charge on any atom is 0.245 e. The third kappa shape index (κ3) is 5.41. The van der Waals surface area contributed by atoms with Gasteiger partial charge in [-0.2, -0.15) is 10.5 Å². The fourth-order valence-corrected chi connectivity index (χ4v) is 4.81. The first-order valence-electron chi connectivity index (χ1n) is 12.1. The van der Waals surface area contributed by atoms with Crippen molar-refractivity contribution >= 4 is 17.5 Å². The minimum absolute atomic E-state index is 0.0249. The van der Waals surface area contributed by atoms with E-state index in [0.717, 1.165) is 67.6 Å². The summed E-state index contributed by atoms with van der Waals surface area (Å²) >= 11 is 0. The van der Waals surface area contributed by atoms with Gasteiger partial charge in [-0.3, -0.25) is 9.59 Å². The summed E-state index contributed by atoms with van der Waals surface area (Å²) in [6.45, 7) is 3.98. The molecular weight excluding hydrogens is 444 g/mol. The molecule has 0 bridgehead atoms. The molecule has 0 saturated carbocycles. The SMILES string of the molecule is Cc1cc2coccc-2c1NC(NC1CCCCCN(CC(=O)N2CCCC2)C1=O)=C(C#N)C#N. The highest BCUT2D eigenvalue weighted by atomic mass is 16.3. The van der Waals surface area contributed by atoms with Gasteiger partial charge in [0, 0.05) is 30.8 Å². The van der Waals surface area contributed by atoms with Gasteiger partial charge in [-0.25, -0.2) is 0 Å². The standard InChI is InChI=1S/C26H30N6O3/c1-18-13-19-17-35-12-8-21(19)24(18)30-25(20(14-27)15-28)29-22-7-3-2-4-11-32(26(22)34)16-23(33)31-9-5-6-10-31/h8,12-13,17,22,29-30H,2-7,9-11,16H2,1H3. The number of rotatable bonds is 6. The van der Waals surface area contributed by atoms with Crippen molar-refractivity contribution in [1.29, 1.82) is 10.5 Å². The lowest BCUT2D eigenvalue weighted by molar-refractivity contribution is -0.141. The van der Waals surface area contributed by atoms with Crippen molar-refractivity contribution in [1.82, 2.24) is 15.1 Å². The van der Waals surface area contributed by atoms with E-state index in [2.05, 4.69) is 10.6 Å². The normalized spacial score (nSPS) is 18.4. The zero-order valence-corrected chi connectivity index (χ0v) is 20.0. The number of aryl methyl sites for hydroxylation is 1. The van der Waals surface area contributed by atoms with E-state index in [1.165, 1.54) is 0 Å². The van der Waals surface area contributed by atoms with E-state index in [1.54, 1.807) is 17.4 Å². The third-order valence-corrected chi connectivity index (χ3v) is 6.71. The second-order valence-electron chi connectivity index (χ2n) is 9.12. The van der Waals surface area contributed by atoms with Crippen LogP contribution in [0.25, 0.3) is 11.1 Å². The van der Waals surface area contributed by atoms with Gasteiger partial charge in [-0.15, -0.1) is 0 Å². The first-order valence-corrected chi connectivity index (χ1v) is 12.1. The van der Waals surface area contributed by atoms with E-state index >= 15 is 0 Å². The number of carbonyl (C=O) groups is 2. The number of anilines is 1. The molecule has 2 saturated heterocycles. The van der Waals surface area contributed by atoms with E-state index in [1.807, 2.05) is 36.1 Å². The summed E-state index contributed by atoms with van der Waals surface area (Å²) in [6.07, 6.45) is 8.35. The van der Waals surface area contributed by atoms with Crippen LogP contribution >= 0.6 is 0 Å². The van der Waals surface area contributed by atoms with Crippen LogP contribution in [0.5, 0.6) is 0 Å². The fraction of sp³-hybridized carbons (Fsp3) is 0.462. The summed E-state index contributed by atoms with van der Waals surface area (Å²) in [5.41, 5.74) is 3.27. The molecule has 3 aliphatic heterocycles. The average molecular weight is 475 g/mol. The summed E-state index contributed by atoms with van der Waals surface area (Å²) in [6, 6.07) is 6.97. The van der Waals surface area contributed by atoms with E-state index in [-0.39, 0.29) is 29.8 Å². The summed E-state index contributed by atoms with van der Waals surface area (Å²) < 4.78 is 5.25. The summed E-state index contributed by atoms with van der Waals surface area (Å²) in [7, 11) is 0. The lowest BCUT2D eigenvalue weighted by Gasteiger charge is -2.32. The molecule has 1 unspecified atom stereocenters. The Morgan fingerprint density at radius 3 is 2.63 bits per heavy atom. The Bertz CT molecular complexity index is 1150. The van der Waals surface area contributed by atoms with Crippen molar-refractivity contribution in [2.24, 2.45) is 0 Å². The molecule has 0 aromatic heterocycles. The Balaban J connectivity index is 1.57. The van der Waals surface area contributed by atoms with Gasteiger partial charge in [0.2, 0.25) is 11.8 Å². The Labute approximate surface area is 205 Å². The lowest BCUT2D eigenvalue weighted by Crippen LogP contribution is -2.51. The van der Waals surface area contributed by atoms with Crippen LogP contribution in [-0.2, 0) is 9.59 Å². The monoisotopic (exact) mass is 474 g/mol. The second-order valence-corrected chi connectivity index (χ2v) is 9.12. The Hall–Kier alpha value is -3.98. The van der Waals surface area contributed by atoms with Gasteiger partial charge >= 0.3 is 0 Å². The molecule has 0 spiro atoms. The summed E-state index contributed by atoms with van der Waals surface area (Å²) in [5, 5.41) is 25.6. The quantitative estimate of drug-likeness (QED) is 0.615. The van der Waals surface area contributed by atoms with Crippen LogP contribution in [0.2, 0.25) is 0 Å². The number of allylic oxidation sites excluding steroid dienone is 1. The van der Waals surface area contributed by atoms with Crippen LogP contribution in [0.3, 0.4) is 0 Å². The Kier molecular flexibility index (Phi) is 7.57. The molecule has 2 fully saturated rings. The average Bonchev–Trinajstić information content (AvgIpc) is 3.50. The second kappa shape index (κ2) is 11.0. The summed E-state index contributed by atoms with van der Waals surface area (Å²) in [4.78, 5) is 29.7. The maximum absolute atomic E-state index is 13.5. The van der Waals surface area contributed by atoms with Gasteiger partial charge in [-0.1, -0.05) is 12.8 Å². The minimum atomic E-state index is -0.655. The van der Waals surface area contributed by atoms with Crippen LogP contribution in [0.15, 0.2) is 40.5 Å². The number of amides is 2. The van der Waals surface area contributed by atoms with Gasteiger partial charge in [0.25, 0.3) is 0 Å². The number of likely N-dealkylation sites (tertiary alicyclic amines) is 2.